The Labute approximate surface area is 120 Å². The number of amides is 1. The zero-order valence-corrected chi connectivity index (χ0v) is 11.4. The summed E-state index contributed by atoms with van der Waals surface area (Å²) in [6.45, 7) is 1.90. The van der Waals surface area contributed by atoms with Crippen LogP contribution in [-0.2, 0) is 4.79 Å². The first-order valence-corrected chi connectivity index (χ1v) is 6.44. The smallest absolute Gasteiger partial charge is 0.225 e. The van der Waals surface area contributed by atoms with E-state index in [2.05, 4.69) is 20.8 Å². The Balaban J connectivity index is 2.03. The zero-order chi connectivity index (χ0) is 15.2. The van der Waals surface area contributed by atoms with E-state index < -0.39 is 11.6 Å². The van der Waals surface area contributed by atoms with Crippen LogP contribution in [0.25, 0.3) is 0 Å². The first-order chi connectivity index (χ1) is 10.1. The molecule has 0 aliphatic carbocycles. The van der Waals surface area contributed by atoms with Gasteiger partial charge in [-0.25, -0.2) is 8.78 Å². The van der Waals surface area contributed by atoms with Crippen LogP contribution in [0.2, 0.25) is 0 Å². The highest BCUT2D eigenvalue weighted by atomic mass is 19.1. The molecule has 0 saturated heterocycles. The number of aromatic nitrogens is 2. The van der Waals surface area contributed by atoms with Gasteiger partial charge >= 0.3 is 0 Å². The lowest BCUT2D eigenvalue weighted by atomic mass is 10.3. The molecule has 1 aromatic carbocycles. The summed E-state index contributed by atoms with van der Waals surface area (Å²) in [5, 5.41) is 12.9. The fourth-order valence-electron chi connectivity index (χ4n) is 1.63. The number of carbonyl (C=O) groups is 1. The van der Waals surface area contributed by atoms with Crippen molar-refractivity contribution in [2.45, 2.75) is 19.8 Å². The Hall–Kier alpha value is -2.57. The predicted octanol–water partition coefficient (Wildman–Crippen LogP) is 3.24. The second kappa shape index (κ2) is 6.74. The summed E-state index contributed by atoms with van der Waals surface area (Å²) >= 11 is 0. The van der Waals surface area contributed by atoms with Gasteiger partial charge in [-0.1, -0.05) is 6.92 Å². The maximum absolute atomic E-state index is 13.5. The highest BCUT2D eigenvalue weighted by Gasteiger charge is 2.06. The number of rotatable bonds is 5. The lowest BCUT2D eigenvalue weighted by molar-refractivity contribution is -0.116. The predicted molar refractivity (Wildman–Crippen MR) is 75.2 cm³/mol. The quantitative estimate of drug-likeness (QED) is 0.887. The third-order valence-corrected chi connectivity index (χ3v) is 2.60. The molecule has 110 valence electrons. The van der Waals surface area contributed by atoms with Gasteiger partial charge in [0.2, 0.25) is 5.91 Å². The van der Waals surface area contributed by atoms with Crippen molar-refractivity contribution in [1.29, 1.82) is 0 Å². The number of nitrogens with zero attached hydrogens (tertiary/aromatic N) is 2. The van der Waals surface area contributed by atoms with Gasteiger partial charge in [0.15, 0.2) is 11.6 Å². The average Bonchev–Trinajstić information content (AvgIpc) is 2.44. The van der Waals surface area contributed by atoms with Crippen LogP contribution in [0.4, 0.5) is 26.1 Å². The Morgan fingerprint density at radius 2 is 1.86 bits per heavy atom. The number of benzene rings is 1. The minimum absolute atomic E-state index is 0.0912. The van der Waals surface area contributed by atoms with Crippen molar-refractivity contribution >= 4 is 23.2 Å². The molecule has 1 aromatic heterocycles. The first kappa shape index (κ1) is 14.8. The molecule has 0 fully saturated rings. The summed E-state index contributed by atoms with van der Waals surface area (Å²) in [7, 11) is 0. The number of hydrogen-bond acceptors (Lipinski definition) is 4. The summed E-state index contributed by atoms with van der Waals surface area (Å²) in [6, 6.07) is 6.26. The van der Waals surface area contributed by atoms with Crippen LogP contribution in [-0.4, -0.2) is 16.1 Å². The lowest BCUT2D eigenvalue weighted by Crippen LogP contribution is -2.12. The maximum Gasteiger partial charge on any atom is 0.225 e. The van der Waals surface area contributed by atoms with Gasteiger partial charge in [-0.05, 0) is 30.7 Å². The summed E-state index contributed by atoms with van der Waals surface area (Å²) in [4.78, 5) is 11.4. The molecular weight excluding hydrogens is 278 g/mol. The van der Waals surface area contributed by atoms with Crippen molar-refractivity contribution < 1.29 is 13.6 Å². The number of nitrogens with one attached hydrogen (secondary N) is 2. The van der Waals surface area contributed by atoms with Crippen LogP contribution >= 0.6 is 0 Å². The van der Waals surface area contributed by atoms with E-state index in [0.29, 0.717) is 12.2 Å². The molecule has 2 aromatic rings. The lowest BCUT2D eigenvalue weighted by Gasteiger charge is -2.07. The summed E-state index contributed by atoms with van der Waals surface area (Å²) < 4.78 is 26.3. The highest BCUT2D eigenvalue weighted by Crippen LogP contribution is 2.19. The standard InChI is InChI=1S/C14H14F2N4O/c1-2-3-14(21)18-13-7-6-12(19-20-13)17-11-5-4-9(15)8-10(11)16/h4-8H,2-3H2,1H3,(H,17,19)(H,18,20,21). The first-order valence-electron chi connectivity index (χ1n) is 6.44. The van der Waals surface area contributed by atoms with E-state index in [0.717, 1.165) is 18.6 Å². The van der Waals surface area contributed by atoms with Crippen molar-refractivity contribution in [2.24, 2.45) is 0 Å². The second-order valence-electron chi connectivity index (χ2n) is 4.35. The SMILES string of the molecule is CCCC(=O)Nc1ccc(Nc2ccc(F)cc2F)nn1. The fraction of sp³-hybridized carbons (Fsp3) is 0.214. The molecule has 0 radical (unpaired) electrons. The molecule has 21 heavy (non-hydrogen) atoms. The molecule has 2 N–H and O–H groups in total. The van der Waals surface area contributed by atoms with Gasteiger partial charge in [0.1, 0.15) is 11.6 Å². The van der Waals surface area contributed by atoms with E-state index in [1.807, 2.05) is 6.92 Å². The minimum atomic E-state index is -0.725. The molecular formula is C14H14F2N4O. The Kier molecular flexibility index (Phi) is 4.76. The average molecular weight is 292 g/mol. The largest absolute Gasteiger partial charge is 0.336 e. The van der Waals surface area contributed by atoms with E-state index in [1.54, 1.807) is 6.07 Å². The third kappa shape index (κ3) is 4.20. The molecule has 0 spiro atoms. The van der Waals surface area contributed by atoms with E-state index in [1.165, 1.54) is 12.1 Å². The molecule has 1 heterocycles. The van der Waals surface area contributed by atoms with Crippen molar-refractivity contribution in [3.8, 4) is 0 Å². The van der Waals surface area contributed by atoms with Gasteiger partial charge in [0.05, 0.1) is 5.69 Å². The Morgan fingerprint density at radius 3 is 2.48 bits per heavy atom. The Morgan fingerprint density at radius 1 is 1.14 bits per heavy atom. The second-order valence-corrected chi connectivity index (χ2v) is 4.35. The summed E-state index contributed by atoms with van der Waals surface area (Å²) in [5.41, 5.74) is 0.0912. The van der Waals surface area contributed by atoms with Gasteiger partial charge < -0.3 is 10.6 Å². The molecule has 0 aliphatic rings. The van der Waals surface area contributed by atoms with E-state index in [9.17, 15) is 13.6 Å². The summed E-state index contributed by atoms with van der Waals surface area (Å²) in [5.74, 6) is -0.917. The minimum Gasteiger partial charge on any atom is -0.336 e. The van der Waals surface area contributed by atoms with Crippen LogP contribution in [0.5, 0.6) is 0 Å². The molecule has 1 amide bonds. The maximum atomic E-state index is 13.5. The normalized spacial score (nSPS) is 10.2. The van der Waals surface area contributed by atoms with Crippen LogP contribution in [0.15, 0.2) is 30.3 Å². The molecule has 0 unspecified atom stereocenters. The number of hydrogen-bond donors (Lipinski definition) is 2. The number of carbonyl (C=O) groups excluding carboxylic acids is 1. The monoisotopic (exact) mass is 292 g/mol. The molecule has 0 aliphatic heterocycles. The topological polar surface area (TPSA) is 66.9 Å². The highest BCUT2D eigenvalue weighted by molar-refractivity contribution is 5.89. The van der Waals surface area contributed by atoms with Crippen LogP contribution in [0, 0.1) is 11.6 Å². The third-order valence-electron chi connectivity index (χ3n) is 2.60. The Bertz CT molecular complexity index is 631. The van der Waals surface area contributed by atoms with Crippen molar-refractivity contribution in [3.63, 3.8) is 0 Å². The molecule has 7 heteroatoms. The van der Waals surface area contributed by atoms with Crippen molar-refractivity contribution in [3.05, 3.63) is 42.0 Å². The van der Waals surface area contributed by atoms with Gasteiger partial charge in [-0.3, -0.25) is 4.79 Å². The van der Waals surface area contributed by atoms with Gasteiger partial charge in [0, 0.05) is 12.5 Å². The van der Waals surface area contributed by atoms with Crippen molar-refractivity contribution in [2.75, 3.05) is 10.6 Å². The van der Waals surface area contributed by atoms with Gasteiger partial charge in [-0.2, -0.15) is 0 Å². The number of anilines is 3. The number of halogens is 2. The summed E-state index contributed by atoms with van der Waals surface area (Å²) in [6.07, 6.45) is 1.14. The van der Waals surface area contributed by atoms with Gasteiger partial charge in [0.25, 0.3) is 0 Å². The van der Waals surface area contributed by atoms with Crippen LogP contribution in [0.1, 0.15) is 19.8 Å². The zero-order valence-electron chi connectivity index (χ0n) is 11.4. The van der Waals surface area contributed by atoms with E-state index in [-0.39, 0.29) is 17.4 Å². The van der Waals surface area contributed by atoms with E-state index >= 15 is 0 Å². The molecule has 2 rings (SSSR count). The van der Waals surface area contributed by atoms with Crippen LogP contribution in [0.3, 0.4) is 0 Å². The molecule has 0 atom stereocenters. The van der Waals surface area contributed by atoms with Gasteiger partial charge in [-0.15, -0.1) is 10.2 Å². The molecule has 5 nitrogen and oxygen atoms in total. The fourth-order valence-corrected chi connectivity index (χ4v) is 1.63. The molecule has 0 saturated carbocycles. The molecule has 0 bridgehead atoms. The van der Waals surface area contributed by atoms with E-state index in [4.69, 9.17) is 0 Å². The van der Waals surface area contributed by atoms with Crippen LogP contribution < -0.4 is 10.6 Å². The van der Waals surface area contributed by atoms with Crippen molar-refractivity contribution in [1.82, 2.24) is 10.2 Å².